The molecule has 0 aromatic rings. The summed E-state index contributed by atoms with van der Waals surface area (Å²) in [5, 5.41) is 0. The molecule has 0 aromatic heterocycles. The van der Waals surface area contributed by atoms with Crippen LogP contribution < -0.4 is 0 Å². The van der Waals surface area contributed by atoms with E-state index < -0.39 is 6.34 Å². The molecule has 0 N–H and O–H groups in total. The van der Waals surface area contributed by atoms with E-state index in [1.165, 1.54) is 38.5 Å². The zero-order chi connectivity index (χ0) is 14.7. The van der Waals surface area contributed by atoms with E-state index in [1.807, 2.05) is 0 Å². The van der Waals surface area contributed by atoms with E-state index in [2.05, 4.69) is 39.9 Å². The highest BCUT2D eigenvalue weighted by Gasteiger charge is 2.25. The number of rotatable bonds is 12. The van der Waals surface area contributed by atoms with Crippen LogP contribution in [-0.4, -0.2) is 12.3 Å². The van der Waals surface area contributed by atoms with Crippen molar-refractivity contribution in [3.8, 4) is 0 Å². The van der Waals surface area contributed by atoms with E-state index in [0.717, 1.165) is 25.2 Å². The quantitative estimate of drug-likeness (QED) is 0.316. The maximum atomic E-state index is 12.7. The van der Waals surface area contributed by atoms with E-state index in [-0.39, 0.29) is 0 Å². The van der Waals surface area contributed by atoms with Gasteiger partial charge in [0.25, 0.3) is 0 Å². The van der Waals surface area contributed by atoms with Gasteiger partial charge < -0.3 is 4.57 Å². The molecule has 116 valence electrons. The van der Waals surface area contributed by atoms with Crippen molar-refractivity contribution in [2.24, 2.45) is 11.8 Å². The summed E-state index contributed by atoms with van der Waals surface area (Å²) in [6.07, 6.45) is 9.24. The minimum Gasteiger partial charge on any atom is -0.312 e. The molecular weight excluding hydrogens is 271 g/mol. The largest absolute Gasteiger partial charge is 0.312 e. The van der Waals surface area contributed by atoms with Crippen molar-refractivity contribution in [3.63, 3.8) is 0 Å². The first-order valence-electron chi connectivity index (χ1n) is 8.29. The van der Waals surface area contributed by atoms with Crippen molar-refractivity contribution < 1.29 is 4.57 Å². The lowest BCUT2D eigenvalue weighted by Gasteiger charge is -2.23. The van der Waals surface area contributed by atoms with Crippen LogP contribution in [0.15, 0.2) is 0 Å². The Kier molecular flexibility index (Phi) is 11.6. The predicted molar refractivity (Wildman–Crippen MR) is 92.9 cm³/mol. The van der Waals surface area contributed by atoms with Gasteiger partial charge in [-0.2, -0.15) is 0 Å². The molecular formula is C16H35OPS. The van der Waals surface area contributed by atoms with Crippen LogP contribution in [-0.2, 0) is 4.57 Å². The highest BCUT2D eigenvalue weighted by molar-refractivity contribution is 8.48. The van der Waals surface area contributed by atoms with Gasteiger partial charge in [0.05, 0.1) is 0 Å². The predicted octanol–water partition coefficient (Wildman–Crippen LogP) is 6.63. The monoisotopic (exact) mass is 306 g/mol. The molecule has 1 nitrogen and oxygen atoms in total. The average Bonchev–Trinajstić information content (AvgIpc) is 2.39. The molecule has 0 radical (unpaired) electrons. The van der Waals surface area contributed by atoms with Crippen molar-refractivity contribution in [1.82, 2.24) is 0 Å². The van der Waals surface area contributed by atoms with Crippen LogP contribution in [0.3, 0.4) is 0 Å². The van der Waals surface area contributed by atoms with Gasteiger partial charge in [-0.05, 0) is 24.7 Å². The van der Waals surface area contributed by atoms with E-state index in [1.54, 1.807) is 0 Å². The zero-order valence-electron chi connectivity index (χ0n) is 13.5. The van der Waals surface area contributed by atoms with Gasteiger partial charge in [-0.3, -0.25) is 0 Å². The van der Waals surface area contributed by atoms with E-state index in [9.17, 15) is 4.57 Å². The van der Waals surface area contributed by atoms with Gasteiger partial charge in [0.2, 0.25) is 0 Å². The maximum absolute atomic E-state index is 12.7. The van der Waals surface area contributed by atoms with Crippen LogP contribution >= 0.6 is 18.6 Å². The molecule has 0 aliphatic rings. The summed E-state index contributed by atoms with van der Waals surface area (Å²) < 4.78 is 12.7. The van der Waals surface area contributed by atoms with Gasteiger partial charge in [-0.25, -0.2) is 0 Å². The fraction of sp³-hybridized carbons (Fsp3) is 1.00. The van der Waals surface area contributed by atoms with Crippen molar-refractivity contribution in [2.45, 2.75) is 79.1 Å². The third-order valence-corrected chi connectivity index (χ3v) is 7.33. The molecule has 0 saturated carbocycles. The SMILES string of the molecule is CCCCC(CC)CP(=O)(S)CC(CC)CCCC. The molecule has 0 heterocycles. The van der Waals surface area contributed by atoms with Crippen LogP contribution in [0.5, 0.6) is 0 Å². The molecule has 0 bridgehead atoms. The van der Waals surface area contributed by atoms with Crippen molar-refractivity contribution in [2.75, 3.05) is 12.3 Å². The first kappa shape index (κ1) is 19.6. The lowest BCUT2D eigenvalue weighted by Crippen LogP contribution is -2.10. The van der Waals surface area contributed by atoms with E-state index in [4.69, 9.17) is 0 Å². The van der Waals surface area contributed by atoms with E-state index in [0.29, 0.717) is 11.8 Å². The Morgan fingerprint density at radius 3 is 1.47 bits per heavy atom. The summed E-state index contributed by atoms with van der Waals surface area (Å²) in [7, 11) is 0. The number of unbranched alkanes of at least 4 members (excludes halogenated alkanes) is 2. The number of thiol groups is 1. The first-order chi connectivity index (χ1) is 8.99. The van der Waals surface area contributed by atoms with E-state index >= 15 is 0 Å². The summed E-state index contributed by atoms with van der Waals surface area (Å²) in [6.45, 7) is 8.90. The second-order valence-corrected chi connectivity index (χ2v) is 10.7. The first-order valence-corrected chi connectivity index (χ1v) is 11.5. The van der Waals surface area contributed by atoms with Crippen LogP contribution in [0.25, 0.3) is 0 Å². The third kappa shape index (κ3) is 10.0. The van der Waals surface area contributed by atoms with Crippen molar-refractivity contribution in [1.29, 1.82) is 0 Å². The molecule has 2 unspecified atom stereocenters. The Morgan fingerprint density at radius 1 is 0.842 bits per heavy atom. The van der Waals surface area contributed by atoms with Crippen LogP contribution in [0.1, 0.15) is 79.1 Å². The fourth-order valence-electron chi connectivity index (χ4n) is 2.72. The fourth-order valence-corrected chi connectivity index (χ4v) is 6.75. The third-order valence-electron chi connectivity index (χ3n) is 4.17. The Morgan fingerprint density at radius 2 is 1.21 bits per heavy atom. The Labute approximate surface area is 126 Å². The molecule has 0 aliphatic carbocycles. The average molecular weight is 306 g/mol. The maximum Gasteiger partial charge on any atom is 0.136 e. The minimum absolute atomic E-state index is 0.618. The Hall–Kier alpha value is 0.580. The highest BCUT2D eigenvalue weighted by Crippen LogP contribution is 2.55. The van der Waals surface area contributed by atoms with Gasteiger partial charge in [0.1, 0.15) is 6.34 Å². The minimum atomic E-state index is -2.22. The highest BCUT2D eigenvalue weighted by atomic mass is 32.7. The molecule has 0 aromatic carbocycles. The molecule has 0 spiro atoms. The standard InChI is InChI=1S/C16H35OPS/c1-5-9-11-15(7-3)13-18(17,19)14-16(8-4)12-10-6-2/h15-16H,5-14H2,1-4H3,(H,17,19). The molecule has 2 atom stereocenters. The normalized spacial score (nSPS) is 17.9. The molecule has 19 heavy (non-hydrogen) atoms. The molecule has 0 aliphatic heterocycles. The molecule has 0 fully saturated rings. The lowest BCUT2D eigenvalue weighted by atomic mass is 10.0. The summed E-state index contributed by atoms with van der Waals surface area (Å²) in [6, 6.07) is 0. The van der Waals surface area contributed by atoms with Gasteiger partial charge in [0.15, 0.2) is 0 Å². The number of hydrogen-bond acceptors (Lipinski definition) is 1. The molecule has 0 amide bonds. The second-order valence-electron chi connectivity index (χ2n) is 6.04. The smallest absolute Gasteiger partial charge is 0.136 e. The second kappa shape index (κ2) is 11.3. The Bertz CT molecular complexity index is 233. The van der Waals surface area contributed by atoms with Crippen molar-refractivity contribution in [3.05, 3.63) is 0 Å². The summed E-state index contributed by atoms with van der Waals surface area (Å²) in [5.41, 5.74) is 0. The van der Waals surface area contributed by atoms with Crippen LogP contribution in [0.4, 0.5) is 0 Å². The lowest BCUT2D eigenvalue weighted by molar-refractivity contribution is 0.468. The Balaban J connectivity index is 4.29. The van der Waals surface area contributed by atoms with Crippen molar-refractivity contribution >= 4 is 18.6 Å². The van der Waals surface area contributed by atoms with Gasteiger partial charge in [0, 0.05) is 12.3 Å². The number of hydrogen-bond donors (Lipinski definition) is 1. The van der Waals surface area contributed by atoms with Crippen LogP contribution in [0, 0.1) is 11.8 Å². The molecule has 3 heteroatoms. The van der Waals surface area contributed by atoms with Gasteiger partial charge in [-0.15, -0.1) is 12.2 Å². The molecule has 0 saturated heterocycles. The topological polar surface area (TPSA) is 17.1 Å². The molecule has 0 rings (SSSR count). The summed E-state index contributed by atoms with van der Waals surface area (Å²) >= 11 is 4.57. The zero-order valence-corrected chi connectivity index (χ0v) is 15.3. The van der Waals surface area contributed by atoms with Gasteiger partial charge >= 0.3 is 0 Å². The summed E-state index contributed by atoms with van der Waals surface area (Å²) in [5.74, 6) is 1.24. The summed E-state index contributed by atoms with van der Waals surface area (Å²) in [4.78, 5) is 0. The van der Waals surface area contributed by atoms with Crippen LogP contribution in [0.2, 0.25) is 0 Å². The van der Waals surface area contributed by atoms with Gasteiger partial charge in [-0.1, -0.05) is 66.2 Å².